The summed E-state index contributed by atoms with van der Waals surface area (Å²) in [7, 11) is 4.09. The molecule has 0 aliphatic carbocycles. The van der Waals surface area contributed by atoms with Crippen LogP contribution in [0.2, 0.25) is 0 Å². The number of hydrogen-bond acceptors (Lipinski definition) is 6. The minimum Gasteiger partial charge on any atom is -0.377 e. The van der Waals surface area contributed by atoms with Gasteiger partial charge in [-0.2, -0.15) is 5.10 Å². The van der Waals surface area contributed by atoms with E-state index in [1.807, 2.05) is 25.6 Å². The van der Waals surface area contributed by atoms with E-state index < -0.39 is 0 Å². The number of aromatic amines is 1. The largest absolute Gasteiger partial charge is 0.377 e. The summed E-state index contributed by atoms with van der Waals surface area (Å²) in [6.45, 7) is 4.44. The Labute approximate surface area is 169 Å². The van der Waals surface area contributed by atoms with Gasteiger partial charge in [-0.1, -0.05) is 0 Å². The van der Waals surface area contributed by atoms with E-state index in [-0.39, 0.29) is 12.1 Å². The van der Waals surface area contributed by atoms with Crippen molar-refractivity contribution in [1.29, 1.82) is 0 Å². The van der Waals surface area contributed by atoms with Crippen LogP contribution in [0.3, 0.4) is 0 Å². The number of morpholine rings is 1. The highest BCUT2D eigenvalue weighted by Crippen LogP contribution is 2.39. The first-order chi connectivity index (χ1) is 14.1. The van der Waals surface area contributed by atoms with E-state index in [4.69, 9.17) is 9.72 Å². The Morgan fingerprint density at radius 2 is 2.17 bits per heavy atom. The molecule has 150 valence electrons. The maximum absolute atomic E-state index is 5.65. The molecule has 0 saturated carbocycles. The number of ether oxygens (including phenoxy) is 1. The summed E-state index contributed by atoms with van der Waals surface area (Å²) < 4.78 is 7.70. The smallest absolute Gasteiger partial charge is 0.130 e. The molecule has 29 heavy (non-hydrogen) atoms. The van der Waals surface area contributed by atoms with Crippen molar-refractivity contribution in [3.8, 4) is 11.3 Å². The van der Waals surface area contributed by atoms with E-state index in [9.17, 15) is 0 Å². The maximum atomic E-state index is 5.65. The molecule has 3 aromatic heterocycles. The molecule has 8 nitrogen and oxygen atoms in total. The van der Waals surface area contributed by atoms with Gasteiger partial charge in [-0.3, -0.25) is 5.10 Å². The number of nitrogens with zero attached hydrogens (tertiary/aromatic N) is 6. The van der Waals surface area contributed by atoms with Crippen LogP contribution in [0.25, 0.3) is 17.3 Å². The topological polar surface area (TPSA) is 75.1 Å². The Kier molecular flexibility index (Phi) is 4.35. The zero-order valence-corrected chi connectivity index (χ0v) is 16.9. The number of H-pyrrole nitrogens is 1. The minimum absolute atomic E-state index is 0.0271. The Morgan fingerprint density at radius 3 is 2.90 bits per heavy atom. The van der Waals surface area contributed by atoms with Gasteiger partial charge in [-0.15, -0.1) is 0 Å². The van der Waals surface area contributed by atoms with Crippen LogP contribution in [-0.2, 0) is 11.8 Å². The Balaban J connectivity index is 1.73. The fourth-order valence-corrected chi connectivity index (χ4v) is 4.24. The summed E-state index contributed by atoms with van der Waals surface area (Å²) in [6.07, 6.45) is 9.79. The van der Waals surface area contributed by atoms with Crippen molar-refractivity contribution in [2.24, 2.45) is 7.05 Å². The molecule has 8 heteroatoms. The molecule has 2 aliphatic rings. The SMILES string of the molecule is C[C@@H]1COCCN1c1cc(-c2cncn2C)c2c(n1)C(c1ccn[nH]1)N(C)C=C2. The van der Waals surface area contributed by atoms with E-state index in [0.29, 0.717) is 13.2 Å². The molecule has 3 aromatic rings. The standard InChI is InChI=1S/C21H25N7O/c1-14-12-29-9-8-28(14)19-10-16(18-11-22-13-27(18)3)15-5-7-26(2)21(20(15)24-19)17-4-6-23-25-17/h4-7,10-11,13-14,21H,8-9,12H2,1-3H3,(H,23,25)/t14-,21?/m1/s1. The summed E-state index contributed by atoms with van der Waals surface area (Å²) in [5, 5.41) is 7.31. The number of nitrogens with one attached hydrogen (secondary N) is 1. The molecule has 1 N–H and O–H groups in total. The van der Waals surface area contributed by atoms with Gasteiger partial charge in [-0.25, -0.2) is 9.97 Å². The molecule has 0 bridgehead atoms. The summed E-state index contributed by atoms with van der Waals surface area (Å²) in [5.74, 6) is 0.976. The summed E-state index contributed by atoms with van der Waals surface area (Å²) >= 11 is 0. The maximum Gasteiger partial charge on any atom is 0.130 e. The molecule has 2 aliphatic heterocycles. The van der Waals surface area contributed by atoms with Gasteiger partial charge in [0, 0.05) is 44.2 Å². The van der Waals surface area contributed by atoms with Gasteiger partial charge in [0.2, 0.25) is 0 Å². The van der Waals surface area contributed by atoms with Crippen molar-refractivity contribution in [1.82, 2.24) is 29.6 Å². The second kappa shape index (κ2) is 7.04. The third-order valence-corrected chi connectivity index (χ3v) is 5.79. The molecule has 1 saturated heterocycles. The third-order valence-electron chi connectivity index (χ3n) is 5.79. The van der Waals surface area contributed by atoms with Crippen molar-refractivity contribution < 1.29 is 4.74 Å². The predicted octanol–water partition coefficient (Wildman–Crippen LogP) is 2.44. The van der Waals surface area contributed by atoms with Gasteiger partial charge in [-0.05, 0) is 25.1 Å². The van der Waals surface area contributed by atoms with E-state index in [2.05, 4.69) is 61.9 Å². The molecular weight excluding hydrogens is 366 g/mol. The van der Waals surface area contributed by atoms with Crippen molar-refractivity contribution >= 4 is 11.9 Å². The molecule has 1 unspecified atom stereocenters. The highest BCUT2D eigenvalue weighted by Gasteiger charge is 2.31. The van der Waals surface area contributed by atoms with E-state index in [1.54, 1.807) is 6.20 Å². The number of anilines is 1. The number of pyridine rings is 1. The zero-order valence-electron chi connectivity index (χ0n) is 16.9. The van der Waals surface area contributed by atoms with Crippen molar-refractivity contribution in [2.45, 2.75) is 19.0 Å². The molecule has 1 fully saturated rings. The molecule has 5 rings (SSSR count). The third kappa shape index (κ3) is 3.00. The predicted molar refractivity (Wildman–Crippen MR) is 111 cm³/mol. The van der Waals surface area contributed by atoms with Crippen LogP contribution in [0, 0.1) is 0 Å². The second-order valence-corrected chi connectivity index (χ2v) is 7.73. The van der Waals surface area contributed by atoms with Crippen LogP contribution in [0.4, 0.5) is 5.82 Å². The molecule has 2 atom stereocenters. The number of rotatable bonds is 3. The van der Waals surface area contributed by atoms with Crippen molar-refractivity contribution in [3.05, 3.63) is 54.0 Å². The van der Waals surface area contributed by atoms with E-state index in [1.165, 1.54) is 0 Å². The second-order valence-electron chi connectivity index (χ2n) is 7.73. The van der Waals surface area contributed by atoms with Gasteiger partial charge in [0.15, 0.2) is 0 Å². The molecule has 0 amide bonds. The van der Waals surface area contributed by atoms with Crippen LogP contribution in [0.15, 0.2) is 37.1 Å². The van der Waals surface area contributed by atoms with Crippen LogP contribution < -0.4 is 4.90 Å². The molecule has 0 aromatic carbocycles. The van der Waals surface area contributed by atoms with Gasteiger partial charge in [0.25, 0.3) is 0 Å². The molecule has 5 heterocycles. The number of imidazole rings is 1. The van der Waals surface area contributed by atoms with Crippen molar-refractivity contribution in [3.63, 3.8) is 0 Å². The lowest BCUT2D eigenvalue weighted by atomic mass is 9.94. The Hall–Kier alpha value is -3.13. The van der Waals surface area contributed by atoms with E-state index in [0.717, 1.165) is 40.6 Å². The molecule has 0 spiro atoms. The fourth-order valence-electron chi connectivity index (χ4n) is 4.24. The lowest BCUT2D eigenvalue weighted by Crippen LogP contribution is -2.44. The molecule has 0 radical (unpaired) electrons. The van der Waals surface area contributed by atoms with Gasteiger partial charge in [0.1, 0.15) is 11.9 Å². The lowest BCUT2D eigenvalue weighted by molar-refractivity contribution is 0.0985. The number of aryl methyl sites for hydroxylation is 1. The van der Waals surface area contributed by atoms with E-state index >= 15 is 0 Å². The van der Waals surface area contributed by atoms with Crippen LogP contribution in [-0.4, -0.2) is 62.5 Å². The number of hydrogen-bond donors (Lipinski definition) is 1. The average molecular weight is 391 g/mol. The fraction of sp³-hybridized carbons (Fsp3) is 0.381. The van der Waals surface area contributed by atoms with Crippen LogP contribution in [0.1, 0.15) is 29.9 Å². The van der Waals surface area contributed by atoms with Gasteiger partial charge >= 0.3 is 0 Å². The first-order valence-corrected chi connectivity index (χ1v) is 9.89. The monoisotopic (exact) mass is 391 g/mol. The lowest BCUT2D eigenvalue weighted by Gasteiger charge is -2.37. The zero-order chi connectivity index (χ0) is 20.0. The Bertz CT molecular complexity index is 1040. The highest BCUT2D eigenvalue weighted by atomic mass is 16.5. The van der Waals surface area contributed by atoms with Gasteiger partial charge in [0.05, 0.1) is 48.9 Å². The van der Waals surface area contributed by atoms with Crippen LogP contribution in [0.5, 0.6) is 0 Å². The molecular formula is C21H25N7O. The quantitative estimate of drug-likeness (QED) is 0.739. The number of aromatic nitrogens is 5. The summed E-state index contributed by atoms with van der Waals surface area (Å²) in [4.78, 5) is 14.0. The highest BCUT2D eigenvalue weighted by molar-refractivity contribution is 5.78. The minimum atomic E-state index is -0.0271. The summed E-state index contributed by atoms with van der Waals surface area (Å²) in [6, 6.07) is 4.45. The normalized spacial score (nSPS) is 21.5. The van der Waals surface area contributed by atoms with Crippen LogP contribution >= 0.6 is 0 Å². The van der Waals surface area contributed by atoms with Crippen molar-refractivity contribution in [2.75, 3.05) is 31.7 Å². The van der Waals surface area contributed by atoms with Gasteiger partial charge < -0.3 is 19.1 Å². The number of fused-ring (bicyclic) bond motifs is 1. The summed E-state index contributed by atoms with van der Waals surface area (Å²) in [5.41, 5.74) is 5.37. The average Bonchev–Trinajstić information content (AvgIpc) is 3.39. The first-order valence-electron chi connectivity index (χ1n) is 9.89. The first kappa shape index (κ1) is 17.9. The Morgan fingerprint density at radius 1 is 1.28 bits per heavy atom.